The lowest BCUT2D eigenvalue weighted by atomic mass is 10.0. The molecule has 0 bridgehead atoms. The lowest BCUT2D eigenvalue weighted by Crippen LogP contribution is -2.38. The second kappa shape index (κ2) is 8.22. The summed E-state index contributed by atoms with van der Waals surface area (Å²) >= 11 is 0. The van der Waals surface area contributed by atoms with Crippen molar-refractivity contribution in [2.24, 2.45) is 0 Å². The van der Waals surface area contributed by atoms with Crippen molar-refractivity contribution in [3.63, 3.8) is 0 Å². The fourth-order valence-electron chi connectivity index (χ4n) is 2.16. The van der Waals surface area contributed by atoms with Gasteiger partial charge in [0.25, 0.3) is 0 Å². The molecule has 0 heterocycles. The molecule has 1 aromatic carbocycles. The molecule has 102 valence electrons. The molecule has 0 fully saturated rings. The molecule has 0 aliphatic carbocycles. The van der Waals surface area contributed by atoms with Gasteiger partial charge in [-0.3, -0.25) is 0 Å². The summed E-state index contributed by atoms with van der Waals surface area (Å²) in [7, 11) is 1.95. The van der Waals surface area contributed by atoms with Crippen LogP contribution in [0.1, 0.15) is 38.7 Å². The fraction of sp³-hybridized carbons (Fsp3) is 0.600. The first-order chi connectivity index (χ1) is 8.72. The van der Waals surface area contributed by atoms with Crippen LogP contribution in [0.3, 0.4) is 0 Å². The first-order valence-electron chi connectivity index (χ1n) is 6.75. The number of benzene rings is 1. The summed E-state index contributed by atoms with van der Waals surface area (Å²) in [4.78, 5) is 0. The first kappa shape index (κ1) is 15.1. The zero-order valence-electron chi connectivity index (χ0n) is 11.6. The van der Waals surface area contributed by atoms with Crippen LogP contribution in [0.25, 0.3) is 0 Å². The zero-order valence-corrected chi connectivity index (χ0v) is 11.6. The predicted octanol–water partition coefficient (Wildman–Crippen LogP) is 3.51. The summed E-state index contributed by atoms with van der Waals surface area (Å²) in [6.07, 6.45) is 3.26. The minimum atomic E-state index is -0.191. The summed E-state index contributed by atoms with van der Waals surface area (Å²) in [5.74, 6) is -0.191. The summed E-state index contributed by atoms with van der Waals surface area (Å²) in [5.41, 5.74) is 0.627. The molecule has 3 heteroatoms. The van der Waals surface area contributed by atoms with Crippen molar-refractivity contribution < 1.29 is 9.13 Å². The van der Waals surface area contributed by atoms with Gasteiger partial charge < -0.3 is 10.1 Å². The molecule has 2 nitrogen and oxygen atoms in total. The maximum atomic E-state index is 13.5. The lowest BCUT2D eigenvalue weighted by Gasteiger charge is -2.26. The summed E-state index contributed by atoms with van der Waals surface area (Å²) < 4.78 is 19.3. The van der Waals surface area contributed by atoms with Crippen LogP contribution >= 0.6 is 0 Å². The smallest absolute Gasteiger partial charge is 0.128 e. The average molecular weight is 253 g/mol. The monoisotopic (exact) mass is 253 g/mol. The van der Waals surface area contributed by atoms with Gasteiger partial charge in [-0.15, -0.1) is 0 Å². The number of rotatable bonds is 8. The molecule has 18 heavy (non-hydrogen) atoms. The maximum absolute atomic E-state index is 13.5. The highest BCUT2D eigenvalue weighted by Crippen LogP contribution is 2.14. The summed E-state index contributed by atoms with van der Waals surface area (Å²) in [6.45, 7) is 4.60. The van der Waals surface area contributed by atoms with Crippen LogP contribution in [0.15, 0.2) is 24.3 Å². The standard InChI is InChI=1S/C15H24FNO/c1-4-8-14(17-3)15(5-2)18-11-12-9-6-7-10-13(12)16/h6-7,9-10,14-15,17H,4-5,8,11H2,1-3H3. The second-order valence-corrected chi connectivity index (χ2v) is 4.53. The second-order valence-electron chi connectivity index (χ2n) is 4.53. The van der Waals surface area contributed by atoms with Crippen molar-refractivity contribution >= 4 is 0 Å². The van der Waals surface area contributed by atoms with Gasteiger partial charge in [-0.2, -0.15) is 0 Å². The lowest BCUT2D eigenvalue weighted by molar-refractivity contribution is 0.0107. The van der Waals surface area contributed by atoms with E-state index in [9.17, 15) is 4.39 Å². The van der Waals surface area contributed by atoms with Crippen LogP contribution in [0.5, 0.6) is 0 Å². The van der Waals surface area contributed by atoms with Crippen molar-refractivity contribution in [3.05, 3.63) is 35.6 Å². The molecule has 2 atom stereocenters. The van der Waals surface area contributed by atoms with Crippen LogP contribution < -0.4 is 5.32 Å². The van der Waals surface area contributed by atoms with E-state index in [0.29, 0.717) is 18.2 Å². The Morgan fingerprint density at radius 1 is 1.28 bits per heavy atom. The zero-order chi connectivity index (χ0) is 13.4. The molecule has 1 aromatic rings. The SMILES string of the molecule is CCCC(NC)C(CC)OCc1ccccc1F. The highest BCUT2D eigenvalue weighted by molar-refractivity contribution is 5.16. The Labute approximate surface area is 110 Å². The van der Waals surface area contributed by atoms with Gasteiger partial charge in [0.05, 0.1) is 12.7 Å². The van der Waals surface area contributed by atoms with E-state index in [4.69, 9.17) is 4.74 Å². The normalized spacial score (nSPS) is 14.4. The highest BCUT2D eigenvalue weighted by Gasteiger charge is 2.18. The Kier molecular flexibility index (Phi) is 6.91. The van der Waals surface area contributed by atoms with E-state index >= 15 is 0 Å². The molecule has 1 N–H and O–H groups in total. The number of likely N-dealkylation sites (N-methyl/N-ethyl adjacent to an activating group) is 1. The van der Waals surface area contributed by atoms with Gasteiger partial charge in [-0.05, 0) is 26.0 Å². The third-order valence-electron chi connectivity index (χ3n) is 3.23. The first-order valence-corrected chi connectivity index (χ1v) is 6.75. The summed E-state index contributed by atoms with van der Waals surface area (Å²) in [5, 5.41) is 3.29. The largest absolute Gasteiger partial charge is 0.372 e. The number of halogens is 1. The van der Waals surface area contributed by atoms with Crippen LogP contribution in [-0.4, -0.2) is 19.2 Å². The van der Waals surface area contributed by atoms with E-state index in [1.807, 2.05) is 13.1 Å². The van der Waals surface area contributed by atoms with Crippen molar-refractivity contribution in [2.45, 2.75) is 51.9 Å². The Balaban J connectivity index is 2.56. The Morgan fingerprint density at radius 3 is 2.56 bits per heavy atom. The molecule has 0 aliphatic rings. The van der Waals surface area contributed by atoms with Crippen LogP contribution in [-0.2, 0) is 11.3 Å². The number of nitrogens with one attached hydrogen (secondary N) is 1. The molecule has 0 saturated heterocycles. The van der Waals surface area contributed by atoms with E-state index in [2.05, 4.69) is 19.2 Å². The Bertz CT molecular complexity index is 343. The van der Waals surface area contributed by atoms with Gasteiger partial charge in [0.2, 0.25) is 0 Å². The molecule has 0 saturated carbocycles. The van der Waals surface area contributed by atoms with Crippen molar-refractivity contribution in [3.8, 4) is 0 Å². The third kappa shape index (κ3) is 4.39. The van der Waals surface area contributed by atoms with Crippen LogP contribution in [0.2, 0.25) is 0 Å². The van der Waals surface area contributed by atoms with Gasteiger partial charge in [0, 0.05) is 11.6 Å². The average Bonchev–Trinajstić information content (AvgIpc) is 2.40. The van der Waals surface area contributed by atoms with E-state index < -0.39 is 0 Å². The molecule has 1 rings (SSSR count). The molecule has 0 amide bonds. The van der Waals surface area contributed by atoms with Gasteiger partial charge in [-0.1, -0.05) is 38.5 Å². The predicted molar refractivity (Wildman–Crippen MR) is 73.0 cm³/mol. The van der Waals surface area contributed by atoms with E-state index in [1.165, 1.54) is 6.07 Å². The van der Waals surface area contributed by atoms with Gasteiger partial charge in [0.15, 0.2) is 0 Å². The van der Waals surface area contributed by atoms with Gasteiger partial charge >= 0.3 is 0 Å². The quantitative estimate of drug-likeness (QED) is 0.765. The molecular formula is C15H24FNO. The highest BCUT2D eigenvalue weighted by atomic mass is 19.1. The number of ether oxygens (including phenoxy) is 1. The molecule has 0 radical (unpaired) electrons. The molecule has 2 unspecified atom stereocenters. The molecular weight excluding hydrogens is 229 g/mol. The van der Waals surface area contributed by atoms with Crippen LogP contribution in [0, 0.1) is 5.82 Å². The minimum Gasteiger partial charge on any atom is -0.372 e. The Morgan fingerprint density at radius 2 is 2.00 bits per heavy atom. The molecule has 0 aliphatic heterocycles. The fourth-order valence-corrected chi connectivity index (χ4v) is 2.16. The van der Waals surface area contributed by atoms with Crippen molar-refractivity contribution in [1.82, 2.24) is 5.32 Å². The maximum Gasteiger partial charge on any atom is 0.128 e. The minimum absolute atomic E-state index is 0.134. The van der Waals surface area contributed by atoms with Gasteiger partial charge in [0.1, 0.15) is 5.82 Å². The summed E-state index contributed by atoms with van der Waals surface area (Å²) in [6, 6.07) is 7.12. The third-order valence-corrected chi connectivity index (χ3v) is 3.23. The van der Waals surface area contributed by atoms with Crippen LogP contribution in [0.4, 0.5) is 4.39 Å². The Hall–Kier alpha value is -0.930. The van der Waals surface area contributed by atoms with Gasteiger partial charge in [-0.25, -0.2) is 4.39 Å². The number of hydrogen-bond acceptors (Lipinski definition) is 2. The van der Waals surface area contributed by atoms with E-state index in [1.54, 1.807) is 12.1 Å². The number of hydrogen-bond donors (Lipinski definition) is 1. The van der Waals surface area contributed by atoms with Crippen molar-refractivity contribution in [1.29, 1.82) is 0 Å². The molecule has 0 spiro atoms. The van der Waals surface area contributed by atoms with E-state index in [-0.39, 0.29) is 11.9 Å². The molecule has 0 aromatic heterocycles. The van der Waals surface area contributed by atoms with E-state index in [0.717, 1.165) is 19.3 Å². The topological polar surface area (TPSA) is 21.3 Å². The van der Waals surface area contributed by atoms with Crippen molar-refractivity contribution in [2.75, 3.05) is 7.05 Å².